The molecule has 6 heteroatoms. The number of ether oxygens (including phenoxy) is 1. The zero-order chi connectivity index (χ0) is 12.7. The van der Waals surface area contributed by atoms with Gasteiger partial charge in [-0.05, 0) is 13.1 Å². The molecule has 94 valence electrons. The summed E-state index contributed by atoms with van der Waals surface area (Å²) in [7, 11) is 3.23. The molecule has 0 spiro atoms. The van der Waals surface area contributed by atoms with E-state index >= 15 is 0 Å². The molecule has 0 radical (unpaired) electrons. The number of nitrogens with zero attached hydrogens (tertiary/aromatic N) is 1. The van der Waals surface area contributed by atoms with Crippen LogP contribution in [0.5, 0.6) is 0 Å². The summed E-state index contributed by atoms with van der Waals surface area (Å²) in [6, 6.07) is 1.85. The van der Waals surface area contributed by atoms with Crippen LogP contribution in [0, 0.1) is 0 Å². The second-order valence-electron chi connectivity index (χ2n) is 3.27. The Kier molecular flexibility index (Phi) is 6.32. The van der Waals surface area contributed by atoms with Crippen LogP contribution in [0.15, 0.2) is 17.2 Å². The summed E-state index contributed by atoms with van der Waals surface area (Å²) in [6.45, 7) is 0.629. The minimum Gasteiger partial charge on any atom is -0.469 e. The summed E-state index contributed by atoms with van der Waals surface area (Å²) in [5.74, 6) is 0.438. The number of rotatable bonds is 6. The number of thioether (sulfide) groups is 1. The Labute approximate surface area is 110 Å². The number of halogens is 1. The molecule has 17 heavy (non-hydrogen) atoms. The highest BCUT2D eigenvalue weighted by molar-refractivity contribution is 7.99. The molecule has 1 N–H and O–H groups in total. The van der Waals surface area contributed by atoms with E-state index < -0.39 is 0 Å². The summed E-state index contributed by atoms with van der Waals surface area (Å²) in [4.78, 5) is 16.1. The summed E-state index contributed by atoms with van der Waals surface area (Å²) < 4.78 is 4.57. The number of carbonyl (C=O) groups excluding carboxylic acids is 1. The fourth-order valence-electron chi connectivity index (χ4n) is 1.22. The third-order valence-electron chi connectivity index (χ3n) is 2.06. The molecule has 0 atom stereocenters. The van der Waals surface area contributed by atoms with Crippen molar-refractivity contribution in [1.82, 2.24) is 10.3 Å². The molecule has 0 amide bonds. The van der Waals surface area contributed by atoms with E-state index in [9.17, 15) is 4.79 Å². The maximum absolute atomic E-state index is 11.0. The van der Waals surface area contributed by atoms with Crippen LogP contribution in [0.4, 0.5) is 0 Å². The topological polar surface area (TPSA) is 51.2 Å². The molecule has 0 aliphatic rings. The van der Waals surface area contributed by atoms with Gasteiger partial charge in [0.05, 0.1) is 24.2 Å². The van der Waals surface area contributed by atoms with Crippen LogP contribution < -0.4 is 5.32 Å². The number of esters is 1. The van der Waals surface area contributed by atoms with Crippen molar-refractivity contribution in [3.8, 4) is 0 Å². The lowest BCUT2D eigenvalue weighted by molar-refractivity contribution is -0.140. The lowest BCUT2D eigenvalue weighted by Crippen LogP contribution is -2.07. The molecule has 0 aliphatic heterocycles. The lowest BCUT2D eigenvalue weighted by atomic mass is 10.3. The van der Waals surface area contributed by atoms with Crippen molar-refractivity contribution < 1.29 is 9.53 Å². The minimum absolute atomic E-state index is 0.210. The van der Waals surface area contributed by atoms with Gasteiger partial charge in [-0.2, -0.15) is 0 Å². The van der Waals surface area contributed by atoms with Crippen LogP contribution in [-0.4, -0.2) is 30.9 Å². The predicted octanol–water partition coefficient (Wildman–Crippen LogP) is 2.11. The van der Waals surface area contributed by atoms with Crippen molar-refractivity contribution in [3.63, 3.8) is 0 Å². The van der Waals surface area contributed by atoms with E-state index in [2.05, 4.69) is 15.0 Å². The van der Waals surface area contributed by atoms with Gasteiger partial charge in [0, 0.05) is 23.4 Å². The lowest BCUT2D eigenvalue weighted by Gasteiger charge is -2.07. The van der Waals surface area contributed by atoms with Crippen molar-refractivity contribution in [2.75, 3.05) is 19.9 Å². The molecule has 0 unspecified atom stereocenters. The third-order valence-corrected chi connectivity index (χ3v) is 3.65. The molecule has 1 rings (SSSR count). The smallest absolute Gasteiger partial charge is 0.306 e. The Bertz CT molecular complexity index is 388. The van der Waals surface area contributed by atoms with Gasteiger partial charge in [0.25, 0.3) is 0 Å². The SMILES string of the molecule is CNCc1nccc(SCCC(=O)OC)c1Cl. The standard InChI is InChI=1S/C11H15ClN2O2S/c1-13-7-8-11(12)9(3-5-14-8)17-6-4-10(15)16-2/h3,5,13H,4,6-7H2,1-2H3. The first-order chi connectivity index (χ1) is 8.19. The number of methoxy groups -OCH3 is 1. The average Bonchev–Trinajstić information content (AvgIpc) is 2.33. The molecule has 0 fully saturated rings. The molecule has 0 saturated heterocycles. The van der Waals surface area contributed by atoms with Gasteiger partial charge in [-0.25, -0.2) is 0 Å². The maximum atomic E-state index is 11.0. The molecule has 0 saturated carbocycles. The first-order valence-electron chi connectivity index (χ1n) is 5.16. The van der Waals surface area contributed by atoms with Crippen molar-refractivity contribution in [3.05, 3.63) is 23.0 Å². The van der Waals surface area contributed by atoms with E-state index in [1.165, 1.54) is 18.9 Å². The Hall–Kier alpha value is -0.780. The van der Waals surface area contributed by atoms with Crippen molar-refractivity contribution in [1.29, 1.82) is 0 Å². The second kappa shape index (κ2) is 7.53. The molecule has 1 heterocycles. The maximum Gasteiger partial charge on any atom is 0.306 e. The van der Waals surface area contributed by atoms with Gasteiger partial charge >= 0.3 is 5.97 Å². The summed E-state index contributed by atoms with van der Waals surface area (Å²) in [5.41, 5.74) is 0.817. The van der Waals surface area contributed by atoms with Gasteiger partial charge in [0.1, 0.15) is 0 Å². The Morgan fingerprint density at radius 2 is 2.41 bits per heavy atom. The van der Waals surface area contributed by atoms with Crippen LogP contribution in [0.2, 0.25) is 5.02 Å². The van der Waals surface area contributed by atoms with Gasteiger partial charge in [-0.3, -0.25) is 9.78 Å². The molecule has 4 nitrogen and oxygen atoms in total. The van der Waals surface area contributed by atoms with Gasteiger partial charge in [-0.15, -0.1) is 11.8 Å². The molecule has 0 bridgehead atoms. The fourth-order valence-corrected chi connectivity index (χ4v) is 2.45. The second-order valence-corrected chi connectivity index (χ2v) is 4.79. The van der Waals surface area contributed by atoms with Crippen LogP contribution in [0.3, 0.4) is 0 Å². The van der Waals surface area contributed by atoms with E-state index in [4.69, 9.17) is 11.6 Å². The summed E-state index contributed by atoms with van der Waals surface area (Å²) >= 11 is 7.73. The number of hydrogen-bond donors (Lipinski definition) is 1. The van der Waals surface area contributed by atoms with Crippen LogP contribution in [0.1, 0.15) is 12.1 Å². The Morgan fingerprint density at radius 1 is 1.65 bits per heavy atom. The number of carbonyl (C=O) groups is 1. The molecule has 0 aliphatic carbocycles. The average molecular weight is 275 g/mol. The van der Waals surface area contributed by atoms with Crippen molar-refractivity contribution >= 4 is 29.3 Å². The molecule has 0 aromatic carbocycles. The van der Waals surface area contributed by atoms with E-state index in [0.29, 0.717) is 23.7 Å². The Morgan fingerprint density at radius 3 is 3.06 bits per heavy atom. The molecular weight excluding hydrogens is 260 g/mol. The van der Waals surface area contributed by atoms with Crippen LogP contribution >= 0.6 is 23.4 Å². The quantitative estimate of drug-likeness (QED) is 0.636. The van der Waals surface area contributed by atoms with Crippen molar-refractivity contribution in [2.24, 2.45) is 0 Å². The number of nitrogens with one attached hydrogen (secondary N) is 1. The van der Waals surface area contributed by atoms with Crippen molar-refractivity contribution in [2.45, 2.75) is 17.9 Å². The molecule has 1 aromatic heterocycles. The van der Waals surface area contributed by atoms with E-state index in [0.717, 1.165) is 10.6 Å². The van der Waals surface area contributed by atoms with Gasteiger partial charge in [0.2, 0.25) is 0 Å². The fraction of sp³-hybridized carbons (Fsp3) is 0.455. The number of aromatic nitrogens is 1. The van der Waals surface area contributed by atoms with E-state index in [-0.39, 0.29) is 5.97 Å². The first kappa shape index (κ1) is 14.3. The number of pyridine rings is 1. The highest BCUT2D eigenvalue weighted by Gasteiger charge is 2.08. The largest absolute Gasteiger partial charge is 0.469 e. The third kappa shape index (κ3) is 4.53. The monoisotopic (exact) mass is 274 g/mol. The minimum atomic E-state index is -0.210. The zero-order valence-electron chi connectivity index (χ0n) is 9.83. The zero-order valence-corrected chi connectivity index (χ0v) is 11.4. The van der Waals surface area contributed by atoms with E-state index in [1.54, 1.807) is 6.20 Å². The van der Waals surface area contributed by atoms with Crippen LogP contribution in [0.25, 0.3) is 0 Å². The van der Waals surface area contributed by atoms with Crippen LogP contribution in [-0.2, 0) is 16.1 Å². The Balaban J connectivity index is 2.59. The summed E-state index contributed by atoms with van der Waals surface area (Å²) in [6.07, 6.45) is 2.10. The number of hydrogen-bond acceptors (Lipinski definition) is 5. The van der Waals surface area contributed by atoms with E-state index in [1.807, 2.05) is 13.1 Å². The van der Waals surface area contributed by atoms with Gasteiger partial charge in [-0.1, -0.05) is 11.6 Å². The highest BCUT2D eigenvalue weighted by Crippen LogP contribution is 2.29. The molecule has 1 aromatic rings. The van der Waals surface area contributed by atoms with Gasteiger partial charge in [0.15, 0.2) is 0 Å². The highest BCUT2D eigenvalue weighted by atomic mass is 35.5. The normalized spacial score (nSPS) is 10.3. The predicted molar refractivity (Wildman–Crippen MR) is 69.4 cm³/mol. The summed E-state index contributed by atoms with van der Waals surface area (Å²) in [5, 5.41) is 3.65. The first-order valence-corrected chi connectivity index (χ1v) is 6.53. The van der Waals surface area contributed by atoms with Gasteiger partial charge < -0.3 is 10.1 Å². The molecular formula is C11H15ClN2O2S.